The Labute approximate surface area is 103 Å². The molecular weight excluding hydrogens is 227 g/mol. The molecule has 0 radical (unpaired) electrons. The maximum atomic E-state index is 12.0. The molecule has 0 aliphatic carbocycles. The first-order valence-corrected chi connectivity index (χ1v) is 6.62. The Balaban J connectivity index is 3.81. The number of hydrogen-bond acceptors (Lipinski definition) is 1. The van der Waals surface area contributed by atoms with Gasteiger partial charge in [-0.05, 0) is 32.6 Å². The van der Waals surface area contributed by atoms with Gasteiger partial charge in [0.1, 0.15) is 0 Å². The zero-order chi connectivity index (χ0) is 13.5. The van der Waals surface area contributed by atoms with E-state index in [-0.39, 0.29) is 12.5 Å². The first-order valence-electron chi connectivity index (χ1n) is 6.62. The van der Waals surface area contributed by atoms with Crippen molar-refractivity contribution >= 4 is 0 Å². The van der Waals surface area contributed by atoms with Gasteiger partial charge in [0.25, 0.3) is 0 Å². The molecule has 0 amide bonds. The van der Waals surface area contributed by atoms with Crippen molar-refractivity contribution in [3.05, 3.63) is 0 Å². The van der Waals surface area contributed by atoms with E-state index in [1.165, 1.54) is 0 Å². The minimum Gasteiger partial charge on any atom is -0.312 e. The van der Waals surface area contributed by atoms with E-state index in [4.69, 9.17) is 0 Å². The molecular formula is C13H26F3N. The van der Waals surface area contributed by atoms with Crippen LogP contribution in [0.3, 0.4) is 0 Å². The first kappa shape index (κ1) is 16.8. The molecule has 1 nitrogen and oxygen atoms in total. The number of hydrogen-bond donors (Lipinski definition) is 1. The topological polar surface area (TPSA) is 12.0 Å². The molecule has 0 bridgehead atoms. The summed E-state index contributed by atoms with van der Waals surface area (Å²) < 4.78 is 36.0. The predicted molar refractivity (Wildman–Crippen MR) is 66.0 cm³/mol. The molecule has 1 N–H and O–H groups in total. The van der Waals surface area contributed by atoms with Gasteiger partial charge in [-0.1, -0.05) is 26.7 Å². The molecule has 0 aromatic carbocycles. The van der Waals surface area contributed by atoms with E-state index >= 15 is 0 Å². The molecule has 0 aliphatic rings. The van der Waals surface area contributed by atoms with Crippen LogP contribution in [0, 0.1) is 5.92 Å². The number of alkyl halides is 3. The summed E-state index contributed by atoms with van der Waals surface area (Å²) in [6, 6.07) is 0.541. The molecule has 17 heavy (non-hydrogen) atoms. The van der Waals surface area contributed by atoms with E-state index in [0.29, 0.717) is 18.4 Å². The summed E-state index contributed by atoms with van der Waals surface area (Å²) in [5.41, 5.74) is 0. The monoisotopic (exact) mass is 253 g/mol. The smallest absolute Gasteiger partial charge is 0.312 e. The highest BCUT2D eigenvalue weighted by Crippen LogP contribution is 2.23. The van der Waals surface area contributed by atoms with Crippen molar-refractivity contribution in [2.45, 2.75) is 78.1 Å². The Morgan fingerprint density at radius 2 is 1.59 bits per heavy atom. The number of rotatable bonds is 8. The Bertz CT molecular complexity index is 188. The summed E-state index contributed by atoms with van der Waals surface area (Å²) in [5, 5.41) is 3.40. The lowest BCUT2D eigenvalue weighted by atomic mass is 9.94. The van der Waals surface area contributed by atoms with Gasteiger partial charge in [-0.25, -0.2) is 0 Å². The lowest BCUT2D eigenvalue weighted by Crippen LogP contribution is -2.39. The van der Waals surface area contributed by atoms with Crippen LogP contribution in [0.5, 0.6) is 0 Å². The fourth-order valence-corrected chi connectivity index (χ4v) is 2.27. The predicted octanol–water partition coefficient (Wildman–Crippen LogP) is 4.52. The van der Waals surface area contributed by atoms with Gasteiger partial charge < -0.3 is 5.32 Å². The molecule has 2 unspecified atom stereocenters. The van der Waals surface area contributed by atoms with Gasteiger partial charge in [0, 0.05) is 18.5 Å². The SMILES string of the molecule is CCC(CC)C(C)NC(C)CCCC(F)(F)F. The van der Waals surface area contributed by atoms with Crippen molar-refractivity contribution in [2.75, 3.05) is 0 Å². The molecule has 0 spiro atoms. The minimum atomic E-state index is -4.01. The highest BCUT2D eigenvalue weighted by Gasteiger charge is 2.26. The van der Waals surface area contributed by atoms with Crippen LogP contribution >= 0.6 is 0 Å². The Morgan fingerprint density at radius 3 is 2.00 bits per heavy atom. The van der Waals surface area contributed by atoms with Crippen LogP contribution in [0.25, 0.3) is 0 Å². The Kier molecular flexibility index (Phi) is 7.84. The highest BCUT2D eigenvalue weighted by molar-refractivity contribution is 4.74. The van der Waals surface area contributed by atoms with Crippen molar-refractivity contribution in [1.82, 2.24) is 5.32 Å². The van der Waals surface area contributed by atoms with Crippen LogP contribution in [-0.4, -0.2) is 18.3 Å². The molecule has 0 aliphatic heterocycles. The molecule has 0 heterocycles. The molecule has 0 fully saturated rings. The summed E-state index contributed by atoms with van der Waals surface area (Å²) in [6.07, 6.45) is -1.66. The molecule has 104 valence electrons. The average Bonchev–Trinajstić information content (AvgIpc) is 2.17. The zero-order valence-corrected chi connectivity index (χ0v) is 11.4. The van der Waals surface area contributed by atoms with Crippen LogP contribution in [0.4, 0.5) is 13.2 Å². The van der Waals surface area contributed by atoms with Crippen LogP contribution in [0.2, 0.25) is 0 Å². The van der Waals surface area contributed by atoms with Crippen molar-refractivity contribution in [1.29, 1.82) is 0 Å². The third-order valence-electron chi connectivity index (χ3n) is 3.40. The molecule has 0 saturated heterocycles. The van der Waals surface area contributed by atoms with Crippen molar-refractivity contribution in [2.24, 2.45) is 5.92 Å². The molecule has 0 rings (SSSR count). The largest absolute Gasteiger partial charge is 0.389 e. The second-order valence-corrected chi connectivity index (χ2v) is 4.94. The lowest BCUT2D eigenvalue weighted by molar-refractivity contribution is -0.135. The summed E-state index contributed by atoms with van der Waals surface area (Å²) in [7, 11) is 0. The summed E-state index contributed by atoms with van der Waals surface area (Å²) in [6.45, 7) is 8.40. The van der Waals surface area contributed by atoms with Gasteiger partial charge in [0.2, 0.25) is 0 Å². The maximum absolute atomic E-state index is 12.0. The van der Waals surface area contributed by atoms with E-state index in [2.05, 4.69) is 26.1 Å². The standard InChI is InChI=1S/C13H26F3N/c1-5-12(6-2)11(4)17-10(3)8-7-9-13(14,15)16/h10-12,17H,5-9H2,1-4H3. The Hall–Kier alpha value is -0.250. The van der Waals surface area contributed by atoms with Crippen molar-refractivity contribution in [3.63, 3.8) is 0 Å². The van der Waals surface area contributed by atoms with Gasteiger partial charge in [-0.15, -0.1) is 0 Å². The van der Waals surface area contributed by atoms with Gasteiger partial charge in [0.15, 0.2) is 0 Å². The average molecular weight is 253 g/mol. The van der Waals surface area contributed by atoms with Gasteiger partial charge in [0.05, 0.1) is 0 Å². The van der Waals surface area contributed by atoms with Crippen molar-refractivity contribution in [3.8, 4) is 0 Å². The van der Waals surface area contributed by atoms with E-state index in [1.54, 1.807) is 0 Å². The van der Waals surface area contributed by atoms with Gasteiger partial charge in [-0.2, -0.15) is 13.2 Å². The molecule has 2 atom stereocenters. The van der Waals surface area contributed by atoms with Crippen LogP contribution in [-0.2, 0) is 0 Å². The molecule has 0 aromatic rings. The van der Waals surface area contributed by atoms with Crippen LogP contribution in [0.15, 0.2) is 0 Å². The van der Waals surface area contributed by atoms with Crippen LogP contribution < -0.4 is 5.32 Å². The molecule has 4 heteroatoms. The second-order valence-electron chi connectivity index (χ2n) is 4.94. The van der Waals surface area contributed by atoms with Crippen LogP contribution in [0.1, 0.15) is 59.8 Å². The van der Waals surface area contributed by atoms with E-state index in [9.17, 15) is 13.2 Å². The number of nitrogens with one attached hydrogen (secondary N) is 1. The summed E-state index contributed by atoms with van der Waals surface area (Å²) in [4.78, 5) is 0. The van der Waals surface area contributed by atoms with Crippen molar-refractivity contribution < 1.29 is 13.2 Å². The normalized spacial score (nSPS) is 16.2. The number of halogens is 3. The van der Waals surface area contributed by atoms with E-state index in [0.717, 1.165) is 12.8 Å². The lowest BCUT2D eigenvalue weighted by Gasteiger charge is -2.26. The Morgan fingerprint density at radius 1 is 1.06 bits per heavy atom. The molecule has 0 aromatic heterocycles. The third kappa shape index (κ3) is 8.47. The fraction of sp³-hybridized carbons (Fsp3) is 1.00. The fourth-order valence-electron chi connectivity index (χ4n) is 2.27. The quantitative estimate of drug-likeness (QED) is 0.670. The zero-order valence-electron chi connectivity index (χ0n) is 11.4. The van der Waals surface area contributed by atoms with E-state index in [1.807, 2.05) is 6.92 Å². The minimum absolute atomic E-state index is 0.160. The first-order chi connectivity index (χ1) is 7.80. The molecule has 0 saturated carbocycles. The van der Waals surface area contributed by atoms with Gasteiger partial charge >= 0.3 is 6.18 Å². The second kappa shape index (κ2) is 7.96. The maximum Gasteiger partial charge on any atom is 0.389 e. The highest BCUT2D eigenvalue weighted by atomic mass is 19.4. The summed E-state index contributed by atoms with van der Waals surface area (Å²) in [5.74, 6) is 0.611. The third-order valence-corrected chi connectivity index (χ3v) is 3.40. The van der Waals surface area contributed by atoms with E-state index < -0.39 is 12.6 Å². The van der Waals surface area contributed by atoms with Gasteiger partial charge in [-0.3, -0.25) is 0 Å². The summed E-state index contributed by atoms with van der Waals surface area (Å²) >= 11 is 0.